The molecule has 0 aliphatic carbocycles. The monoisotopic (exact) mass is 337 g/mol. The zero-order chi connectivity index (χ0) is 18.0. The molecule has 128 valence electrons. The number of nitrogens with one attached hydrogen (secondary N) is 1. The van der Waals surface area contributed by atoms with Crippen LogP contribution in [0, 0.1) is 0 Å². The Balaban J connectivity index is 2.02. The van der Waals surface area contributed by atoms with Gasteiger partial charge in [0.25, 0.3) is 0 Å². The van der Waals surface area contributed by atoms with Crippen LogP contribution < -0.4 is 15.8 Å². The molecule has 0 bridgehead atoms. The number of nitrogen functional groups attached to an aromatic ring is 1. The van der Waals surface area contributed by atoms with E-state index in [-0.39, 0.29) is 18.0 Å². The fourth-order valence-electron chi connectivity index (χ4n) is 2.40. The van der Waals surface area contributed by atoms with Crippen molar-refractivity contribution < 1.29 is 9.53 Å². The minimum atomic E-state index is -0.109. The van der Waals surface area contributed by atoms with Gasteiger partial charge in [-0.25, -0.2) is 9.97 Å². The highest BCUT2D eigenvalue weighted by Crippen LogP contribution is 2.27. The summed E-state index contributed by atoms with van der Waals surface area (Å²) in [6.45, 7) is 5.30. The Morgan fingerprint density at radius 1 is 1.08 bits per heavy atom. The minimum absolute atomic E-state index is 0.0557. The number of carbonyl (C=O) groups excluding carboxylic acids is 1. The van der Waals surface area contributed by atoms with Crippen molar-refractivity contribution in [3.8, 4) is 17.1 Å². The van der Waals surface area contributed by atoms with Gasteiger partial charge in [-0.05, 0) is 38.1 Å². The molecule has 0 aliphatic rings. The smallest absolute Gasteiger partial charge is 0.245 e. The molecule has 0 aliphatic heterocycles. The molecule has 0 unspecified atom stereocenters. The summed E-state index contributed by atoms with van der Waals surface area (Å²) in [6, 6.07) is 11.1. The largest absolute Gasteiger partial charge is 0.473 e. The van der Waals surface area contributed by atoms with E-state index in [9.17, 15) is 4.79 Å². The number of hydrogen-bond acceptors (Lipinski definition) is 6. The number of ether oxygens (including phenoxy) is 1. The van der Waals surface area contributed by atoms with Crippen molar-refractivity contribution in [2.24, 2.45) is 0 Å². The molecule has 1 aromatic carbocycles. The first-order chi connectivity index (χ1) is 11.9. The molecule has 0 atom stereocenters. The maximum absolute atomic E-state index is 11.1. The van der Waals surface area contributed by atoms with Crippen LogP contribution >= 0.6 is 0 Å². The summed E-state index contributed by atoms with van der Waals surface area (Å²) in [5.41, 5.74) is 9.32. The Labute approximate surface area is 145 Å². The van der Waals surface area contributed by atoms with E-state index in [2.05, 4.69) is 20.3 Å². The third kappa shape index (κ3) is 3.82. The normalized spacial score (nSPS) is 10.9. The van der Waals surface area contributed by atoms with Gasteiger partial charge in [0.1, 0.15) is 0 Å². The number of fused-ring (bicyclic) bond motifs is 1. The van der Waals surface area contributed by atoms with Crippen molar-refractivity contribution in [1.82, 2.24) is 15.0 Å². The molecule has 2 aromatic heterocycles. The standard InChI is InChI=1S/C18H19N5O2/c1-10(2)25-17-16-15(22-18(19)23-17)9-8-14(21-16)12-4-6-13(7-5-12)20-11(3)24/h4-10H,1-3H3,(H,20,24)(H2,19,22,23). The fraction of sp³-hybridized carbons (Fsp3) is 0.222. The summed E-state index contributed by atoms with van der Waals surface area (Å²) in [5.74, 6) is 0.411. The Morgan fingerprint density at radius 3 is 2.44 bits per heavy atom. The molecule has 0 saturated carbocycles. The van der Waals surface area contributed by atoms with Crippen LogP contribution in [0.3, 0.4) is 0 Å². The maximum Gasteiger partial charge on any atom is 0.245 e. The lowest BCUT2D eigenvalue weighted by molar-refractivity contribution is -0.114. The van der Waals surface area contributed by atoms with E-state index in [4.69, 9.17) is 10.5 Å². The highest BCUT2D eigenvalue weighted by atomic mass is 16.5. The molecule has 25 heavy (non-hydrogen) atoms. The SMILES string of the molecule is CC(=O)Nc1ccc(-c2ccc3nc(N)nc(OC(C)C)c3n2)cc1. The zero-order valence-electron chi connectivity index (χ0n) is 14.3. The molecular formula is C18H19N5O2. The average Bonchev–Trinajstić information content (AvgIpc) is 2.54. The summed E-state index contributed by atoms with van der Waals surface area (Å²) in [7, 11) is 0. The van der Waals surface area contributed by atoms with Gasteiger partial charge in [0, 0.05) is 18.2 Å². The van der Waals surface area contributed by atoms with Crippen LogP contribution in [0.5, 0.6) is 5.88 Å². The van der Waals surface area contributed by atoms with Gasteiger partial charge in [-0.2, -0.15) is 4.98 Å². The van der Waals surface area contributed by atoms with Crippen molar-refractivity contribution in [2.75, 3.05) is 11.1 Å². The van der Waals surface area contributed by atoms with E-state index >= 15 is 0 Å². The van der Waals surface area contributed by atoms with E-state index in [1.807, 2.05) is 50.2 Å². The highest BCUT2D eigenvalue weighted by molar-refractivity contribution is 5.89. The van der Waals surface area contributed by atoms with Crippen LogP contribution in [0.25, 0.3) is 22.3 Å². The average molecular weight is 337 g/mol. The predicted molar refractivity (Wildman–Crippen MR) is 97.2 cm³/mol. The van der Waals surface area contributed by atoms with Gasteiger partial charge in [-0.15, -0.1) is 0 Å². The lowest BCUT2D eigenvalue weighted by atomic mass is 10.1. The van der Waals surface area contributed by atoms with Crippen LogP contribution in [-0.4, -0.2) is 27.0 Å². The second-order valence-corrected chi connectivity index (χ2v) is 5.88. The third-order valence-electron chi connectivity index (χ3n) is 3.38. The van der Waals surface area contributed by atoms with Gasteiger partial charge in [0.05, 0.1) is 17.3 Å². The first-order valence-electron chi connectivity index (χ1n) is 7.91. The Bertz CT molecular complexity index is 923. The number of hydrogen-bond donors (Lipinski definition) is 2. The second-order valence-electron chi connectivity index (χ2n) is 5.88. The van der Waals surface area contributed by atoms with Crippen molar-refractivity contribution in [3.63, 3.8) is 0 Å². The summed E-state index contributed by atoms with van der Waals surface area (Å²) in [4.78, 5) is 24.1. The Hall–Kier alpha value is -3.22. The molecule has 7 nitrogen and oxygen atoms in total. The highest BCUT2D eigenvalue weighted by Gasteiger charge is 2.12. The maximum atomic E-state index is 11.1. The molecule has 3 rings (SSSR count). The van der Waals surface area contributed by atoms with Gasteiger partial charge in [0.2, 0.25) is 17.7 Å². The van der Waals surface area contributed by atoms with Crippen LogP contribution in [0.4, 0.5) is 11.6 Å². The van der Waals surface area contributed by atoms with Crippen LogP contribution in [0.15, 0.2) is 36.4 Å². The van der Waals surface area contributed by atoms with Crippen molar-refractivity contribution in [2.45, 2.75) is 26.9 Å². The number of benzene rings is 1. The topological polar surface area (TPSA) is 103 Å². The Morgan fingerprint density at radius 2 is 1.80 bits per heavy atom. The van der Waals surface area contributed by atoms with Crippen molar-refractivity contribution >= 4 is 28.6 Å². The van der Waals surface area contributed by atoms with Gasteiger partial charge in [0.15, 0.2) is 5.52 Å². The van der Waals surface area contributed by atoms with E-state index in [1.54, 1.807) is 0 Å². The summed E-state index contributed by atoms with van der Waals surface area (Å²) >= 11 is 0. The summed E-state index contributed by atoms with van der Waals surface area (Å²) < 4.78 is 5.72. The van der Waals surface area contributed by atoms with Gasteiger partial charge in [-0.1, -0.05) is 12.1 Å². The minimum Gasteiger partial charge on any atom is -0.473 e. The molecule has 0 fully saturated rings. The van der Waals surface area contributed by atoms with Crippen molar-refractivity contribution in [3.05, 3.63) is 36.4 Å². The van der Waals surface area contributed by atoms with Gasteiger partial charge < -0.3 is 15.8 Å². The van der Waals surface area contributed by atoms with Crippen LogP contribution in [0.2, 0.25) is 0 Å². The number of anilines is 2. The van der Waals surface area contributed by atoms with E-state index < -0.39 is 0 Å². The quantitative estimate of drug-likeness (QED) is 0.758. The fourth-order valence-corrected chi connectivity index (χ4v) is 2.40. The number of nitrogens with two attached hydrogens (primary N) is 1. The lowest BCUT2D eigenvalue weighted by Gasteiger charge is -2.12. The molecule has 0 saturated heterocycles. The van der Waals surface area contributed by atoms with E-state index in [0.29, 0.717) is 16.9 Å². The number of pyridine rings is 1. The molecule has 3 aromatic rings. The van der Waals surface area contributed by atoms with Crippen molar-refractivity contribution in [1.29, 1.82) is 0 Å². The number of amides is 1. The number of nitrogens with zero attached hydrogens (tertiary/aromatic N) is 3. The zero-order valence-corrected chi connectivity index (χ0v) is 14.3. The molecule has 3 N–H and O–H groups in total. The molecule has 1 amide bonds. The Kier molecular flexibility index (Phi) is 4.47. The van der Waals surface area contributed by atoms with E-state index in [0.717, 1.165) is 16.9 Å². The molecule has 0 spiro atoms. The first-order valence-corrected chi connectivity index (χ1v) is 7.91. The van der Waals surface area contributed by atoms with Gasteiger partial charge in [-0.3, -0.25) is 4.79 Å². The van der Waals surface area contributed by atoms with E-state index in [1.165, 1.54) is 6.92 Å². The molecule has 2 heterocycles. The van der Waals surface area contributed by atoms with Crippen LogP contribution in [-0.2, 0) is 4.79 Å². The predicted octanol–water partition coefficient (Wildman–Crippen LogP) is 3.02. The molecule has 7 heteroatoms. The number of carbonyl (C=O) groups is 1. The molecular weight excluding hydrogens is 318 g/mol. The molecule has 0 radical (unpaired) electrons. The summed E-state index contributed by atoms with van der Waals surface area (Å²) in [6.07, 6.45) is -0.0557. The number of rotatable bonds is 4. The second kappa shape index (κ2) is 6.72. The third-order valence-corrected chi connectivity index (χ3v) is 3.38. The van der Waals surface area contributed by atoms with Crippen LogP contribution in [0.1, 0.15) is 20.8 Å². The lowest BCUT2D eigenvalue weighted by Crippen LogP contribution is -2.09. The van der Waals surface area contributed by atoms with Gasteiger partial charge >= 0.3 is 0 Å². The summed E-state index contributed by atoms with van der Waals surface area (Å²) in [5, 5.41) is 2.74. The first kappa shape index (κ1) is 16.6. The number of aromatic nitrogens is 3.